The van der Waals surface area contributed by atoms with Crippen molar-refractivity contribution in [2.45, 2.75) is 62.3 Å². The molecule has 0 spiro atoms. The van der Waals surface area contributed by atoms with E-state index in [0.29, 0.717) is 6.10 Å². The lowest BCUT2D eigenvalue weighted by molar-refractivity contribution is 0.0960. The van der Waals surface area contributed by atoms with Gasteiger partial charge in [-0.3, -0.25) is 0 Å². The lowest BCUT2D eigenvalue weighted by Gasteiger charge is -2.26. The molecule has 2 aliphatic rings. The van der Waals surface area contributed by atoms with Gasteiger partial charge in [0.05, 0.1) is 6.10 Å². The lowest BCUT2D eigenvalue weighted by Crippen LogP contribution is -2.17. The van der Waals surface area contributed by atoms with Crippen molar-refractivity contribution in [1.29, 1.82) is 0 Å². The Labute approximate surface area is 95.7 Å². The van der Waals surface area contributed by atoms with Gasteiger partial charge in [-0.15, -0.1) is 0 Å². The molecule has 0 bridgehead atoms. The van der Waals surface area contributed by atoms with Gasteiger partial charge in [0.2, 0.25) is 0 Å². The maximum atomic E-state index is 5.66. The van der Waals surface area contributed by atoms with Gasteiger partial charge < -0.3 is 4.74 Å². The predicted molar refractivity (Wildman–Crippen MR) is 62.9 cm³/mol. The summed E-state index contributed by atoms with van der Waals surface area (Å²) in [6.07, 6.45) is 11.6. The van der Waals surface area contributed by atoms with Crippen LogP contribution in [0, 0.1) is 5.92 Å². The summed E-state index contributed by atoms with van der Waals surface area (Å²) in [5.74, 6) is 0.970. The van der Waals surface area contributed by atoms with Crippen LogP contribution in [0.15, 0.2) is 0 Å². The summed E-state index contributed by atoms with van der Waals surface area (Å²) >= 11 is 3.75. The molecule has 2 heteroatoms. The molecule has 0 aromatic carbocycles. The molecule has 0 amide bonds. The number of ether oxygens (including phenoxy) is 1. The molecule has 2 fully saturated rings. The van der Waals surface area contributed by atoms with Gasteiger partial charge in [0.25, 0.3) is 0 Å². The van der Waals surface area contributed by atoms with Crippen molar-refractivity contribution < 1.29 is 4.74 Å². The first kappa shape index (κ1) is 10.9. The summed E-state index contributed by atoms with van der Waals surface area (Å²) < 4.78 is 5.66. The SMILES string of the molecule is BrC1CCCC(CCC2CCCO2)C1. The average molecular weight is 261 g/mol. The van der Waals surface area contributed by atoms with E-state index in [4.69, 9.17) is 4.74 Å². The minimum absolute atomic E-state index is 0.603. The van der Waals surface area contributed by atoms with Gasteiger partial charge in [0, 0.05) is 11.4 Å². The Balaban J connectivity index is 1.64. The Morgan fingerprint density at radius 1 is 1.07 bits per heavy atom. The molecule has 1 heterocycles. The first-order chi connectivity index (χ1) is 6.84. The second-order valence-electron chi connectivity index (χ2n) is 4.84. The molecule has 1 saturated heterocycles. The minimum Gasteiger partial charge on any atom is -0.378 e. The van der Waals surface area contributed by atoms with E-state index in [-0.39, 0.29) is 0 Å². The number of rotatable bonds is 3. The quantitative estimate of drug-likeness (QED) is 0.700. The van der Waals surface area contributed by atoms with Crippen molar-refractivity contribution in [2.24, 2.45) is 5.92 Å². The third-order valence-corrected chi connectivity index (χ3v) is 4.47. The number of hydrogen-bond acceptors (Lipinski definition) is 1. The molecule has 82 valence electrons. The fraction of sp³-hybridized carbons (Fsp3) is 1.00. The maximum absolute atomic E-state index is 5.66. The average Bonchev–Trinajstić information content (AvgIpc) is 2.67. The van der Waals surface area contributed by atoms with Crippen molar-refractivity contribution in [3.8, 4) is 0 Å². The summed E-state index contributed by atoms with van der Waals surface area (Å²) in [4.78, 5) is 0.797. The Hall–Kier alpha value is 0.440. The third kappa shape index (κ3) is 3.23. The molecular formula is C12H21BrO. The number of alkyl halides is 1. The first-order valence-electron chi connectivity index (χ1n) is 6.10. The van der Waals surface area contributed by atoms with E-state index >= 15 is 0 Å². The van der Waals surface area contributed by atoms with Crippen LogP contribution < -0.4 is 0 Å². The molecule has 0 radical (unpaired) electrons. The second-order valence-corrected chi connectivity index (χ2v) is 6.14. The van der Waals surface area contributed by atoms with Gasteiger partial charge in [-0.05, 0) is 44.4 Å². The molecule has 3 atom stereocenters. The van der Waals surface area contributed by atoms with E-state index in [2.05, 4.69) is 15.9 Å². The molecule has 1 aliphatic heterocycles. The zero-order chi connectivity index (χ0) is 9.80. The topological polar surface area (TPSA) is 9.23 Å². The van der Waals surface area contributed by atoms with E-state index in [1.807, 2.05) is 0 Å². The molecule has 1 saturated carbocycles. The molecule has 2 rings (SSSR count). The Morgan fingerprint density at radius 2 is 2.00 bits per heavy atom. The van der Waals surface area contributed by atoms with Gasteiger partial charge in [0.1, 0.15) is 0 Å². The van der Waals surface area contributed by atoms with E-state index in [1.54, 1.807) is 0 Å². The highest BCUT2D eigenvalue weighted by Crippen LogP contribution is 2.33. The van der Waals surface area contributed by atoms with Gasteiger partial charge in [-0.1, -0.05) is 28.8 Å². The Morgan fingerprint density at radius 3 is 2.71 bits per heavy atom. The van der Waals surface area contributed by atoms with E-state index in [1.165, 1.54) is 51.4 Å². The van der Waals surface area contributed by atoms with E-state index in [0.717, 1.165) is 17.4 Å². The van der Waals surface area contributed by atoms with Gasteiger partial charge >= 0.3 is 0 Å². The highest BCUT2D eigenvalue weighted by atomic mass is 79.9. The van der Waals surface area contributed by atoms with Gasteiger partial charge in [-0.2, -0.15) is 0 Å². The van der Waals surface area contributed by atoms with Crippen molar-refractivity contribution in [3.05, 3.63) is 0 Å². The molecule has 0 aromatic heterocycles. The Bertz CT molecular complexity index is 166. The molecule has 0 N–H and O–H groups in total. The fourth-order valence-electron chi connectivity index (χ4n) is 2.78. The van der Waals surface area contributed by atoms with Gasteiger partial charge in [0.15, 0.2) is 0 Å². The standard InChI is InChI=1S/C12H21BrO/c13-11-4-1-3-10(9-11)6-7-12-5-2-8-14-12/h10-12H,1-9H2. The molecule has 14 heavy (non-hydrogen) atoms. The van der Waals surface area contributed by atoms with Crippen LogP contribution in [-0.2, 0) is 4.74 Å². The summed E-state index contributed by atoms with van der Waals surface area (Å²) in [5, 5.41) is 0. The largest absolute Gasteiger partial charge is 0.378 e. The van der Waals surface area contributed by atoms with Crippen LogP contribution in [-0.4, -0.2) is 17.5 Å². The van der Waals surface area contributed by atoms with Crippen LogP contribution in [0.3, 0.4) is 0 Å². The molecule has 1 nitrogen and oxygen atoms in total. The number of hydrogen-bond donors (Lipinski definition) is 0. The predicted octanol–water partition coefficient (Wildman–Crippen LogP) is 3.90. The first-order valence-corrected chi connectivity index (χ1v) is 7.02. The summed E-state index contributed by atoms with van der Waals surface area (Å²) in [6.45, 7) is 1.01. The normalized spacial score (nSPS) is 38.8. The molecule has 3 unspecified atom stereocenters. The lowest BCUT2D eigenvalue weighted by atomic mass is 9.85. The van der Waals surface area contributed by atoms with Gasteiger partial charge in [-0.25, -0.2) is 0 Å². The van der Waals surface area contributed by atoms with Crippen LogP contribution in [0.4, 0.5) is 0 Å². The molecule has 0 aromatic rings. The van der Waals surface area contributed by atoms with Crippen molar-refractivity contribution >= 4 is 15.9 Å². The zero-order valence-corrected chi connectivity index (χ0v) is 10.5. The summed E-state index contributed by atoms with van der Waals surface area (Å²) in [6, 6.07) is 0. The van der Waals surface area contributed by atoms with Crippen LogP contribution in [0.25, 0.3) is 0 Å². The van der Waals surface area contributed by atoms with Crippen LogP contribution >= 0.6 is 15.9 Å². The van der Waals surface area contributed by atoms with Crippen LogP contribution in [0.2, 0.25) is 0 Å². The van der Waals surface area contributed by atoms with E-state index in [9.17, 15) is 0 Å². The van der Waals surface area contributed by atoms with E-state index < -0.39 is 0 Å². The highest BCUT2D eigenvalue weighted by Gasteiger charge is 2.22. The van der Waals surface area contributed by atoms with Crippen molar-refractivity contribution in [2.75, 3.05) is 6.61 Å². The molecule has 1 aliphatic carbocycles. The smallest absolute Gasteiger partial charge is 0.0576 e. The fourth-order valence-corrected chi connectivity index (χ4v) is 3.63. The third-order valence-electron chi connectivity index (χ3n) is 3.64. The summed E-state index contributed by atoms with van der Waals surface area (Å²) in [5.41, 5.74) is 0. The maximum Gasteiger partial charge on any atom is 0.0576 e. The highest BCUT2D eigenvalue weighted by molar-refractivity contribution is 9.09. The van der Waals surface area contributed by atoms with Crippen LogP contribution in [0.5, 0.6) is 0 Å². The monoisotopic (exact) mass is 260 g/mol. The molecular weight excluding hydrogens is 240 g/mol. The minimum atomic E-state index is 0.603. The Kier molecular flexibility index (Phi) is 4.30. The second kappa shape index (κ2) is 5.50. The summed E-state index contributed by atoms with van der Waals surface area (Å²) in [7, 11) is 0. The van der Waals surface area contributed by atoms with Crippen molar-refractivity contribution in [3.63, 3.8) is 0 Å². The zero-order valence-electron chi connectivity index (χ0n) is 8.88. The van der Waals surface area contributed by atoms with Crippen LogP contribution in [0.1, 0.15) is 51.4 Å². The van der Waals surface area contributed by atoms with Crippen molar-refractivity contribution in [1.82, 2.24) is 0 Å². The number of halogens is 1.